The maximum absolute atomic E-state index is 11.5. The van der Waals surface area contributed by atoms with Crippen molar-refractivity contribution in [1.82, 2.24) is 14.5 Å². The molecule has 31 heavy (non-hydrogen) atoms. The summed E-state index contributed by atoms with van der Waals surface area (Å²) < 4.78 is 13.5. The highest BCUT2D eigenvalue weighted by atomic mass is 16.5. The molecule has 1 aliphatic rings. The SMILES string of the molecule is CC(=O)Nc1cc2c(-c3cc(OCC[C@H](C)O)cc(C4CCOC4)n3)cn(C)c2cn1. The van der Waals surface area contributed by atoms with Gasteiger partial charge < -0.3 is 24.5 Å². The fraction of sp³-hybridized carbons (Fsp3) is 0.435. The van der Waals surface area contributed by atoms with E-state index in [1.54, 1.807) is 13.1 Å². The Kier molecular flexibility index (Phi) is 6.20. The lowest BCUT2D eigenvalue weighted by molar-refractivity contribution is -0.114. The third kappa shape index (κ3) is 4.86. The number of hydrogen-bond donors (Lipinski definition) is 2. The van der Waals surface area contributed by atoms with Crippen LogP contribution in [-0.2, 0) is 16.6 Å². The highest BCUT2D eigenvalue weighted by molar-refractivity contribution is 5.98. The van der Waals surface area contributed by atoms with Crippen molar-refractivity contribution in [2.24, 2.45) is 7.05 Å². The second kappa shape index (κ2) is 9.03. The fourth-order valence-corrected chi connectivity index (χ4v) is 3.80. The van der Waals surface area contributed by atoms with Crippen molar-refractivity contribution in [1.29, 1.82) is 0 Å². The van der Waals surface area contributed by atoms with Gasteiger partial charge in [0.25, 0.3) is 0 Å². The first-order chi connectivity index (χ1) is 14.9. The molecular formula is C23H28N4O4. The van der Waals surface area contributed by atoms with Gasteiger partial charge in [0.05, 0.1) is 42.4 Å². The van der Waals surface area contributed by atoms with E-state index < -0.39 is 6.10 Å². The van der Waals surface area contributed by atoms with E-state index in [4.69, 9.17) is 14.5 Å². The number of fused-ring (bicyclic) bond motifs is 1. The molecular weight excluding hydrogens is 396 g/mol. The predicted molar refractivity (Wildman–Crippen MR) is 118 cm³/mol. The quantitative estimate of drug-likeness (QED) is 0.604. The second-order valence-electron chi connectivity index (χ2n) is 8.08. The number of carbonyl (C=O) groups is 1. The Morgan fingerprint density at radius 1 is 1.42 bits per heavy atom. The van der Waals surface area contributed by atoms with Crippen molar-refractivity contribution in [3.05, 3.63) is 36.3 Å². The van der Waals surface area contributed by atoms with E-state index >= 15 is 0 Å². The zero-order chi connectivity index (χ0) is 22.0. The average molecular weight is 425 g/mol. The summed E-state index contributed by atoms with van der Waals surface area (Å²) in [5.41, 5.74) is 3.61. The van der Waals surface area contributed by atoms with Gasteiger partial charge in [-0.1, -0.05) is 0 Å². The van der Waals surface area contributed by atoms with Crippen molar-refractivity contribution >= 4 is 22.6 Å². The number of aliphatic hydroxyl groups is 1. The van der Waals surface area contributed by atoms with Crippen LogP contribution in [0.1, 0.15) is 38.3 Å². The van der Waals surface area contributed by atoms with Crippen LogP contribution in [0.5, 0.6) is 5.75 Å². The number of anilines is 1. The largest absolute Gasteiger partial charge is 0.493 e. The normalized spacial score (nSPS) is 17.1. The van der Waals surface area contributed by atoms with Gasteiger partial charge in [-0.15, -0.1) is 0 Å². The fourth-order valence-electron chi connectivity index (χ4n) is 3.80. The molecule has 164 valence electrons. The third-order valence-electron chi connectivity index (χ3n) is 5.43. The standard InChI is InChI=1S/C23H28N4O4/c1-14(28)4-7-31-17-8-20(16-5-6-30-13-16)26-21(9-17)19-12-27(3)22-11-24-23(10-18(19)22)25-15(2)29/h8-12,14,16,28H,4-7,13H2,1-3H3,(H,24,25,29)/t14-,16?/m0/s1. The van der Waals surface area contributed by atoms with Gasteiger partial charge in [-0.3, -0.25) is 9.78 Å². The van der Waals surface area contributed by atoms with Crippen molar-refractivity contribution in [2.45, 2.75) is 38.7 Å². The molecule has 3 aromatic heterocycles. The summed E-state index contributed by atoms with van der Waals surface area (Å²) in [6, 6.07) is 5.77. The molecule has 1 unspecified atom stereocenters. The number of rotatable bonds is 7. The van der Waals surface area contributed by atoms with E-state index in [1.807, 2.05) is 36.0 Å². The molecule has 0 bridgehead atoms. The van der Waals surface area contributed by atoms with Crippen molar-refractivity contribution < 1.29 is 19.4 Å². The summed E-state index contributed by atoms with van der Waals surface area (Å²) in [5.74, 6) is 1.28. The van der Waals surface area contributed by atoms with Crippen LogP contribution in [0.4, 0.5) is 5.82 Å². The Bertz CT molecular complexity index is 1090. The second-order valence-corrected chi connectivity index (χ2v) is 8.08. The number of pyridine rings is 2. The molecule has 1 aliphatic heterocycles. The van der Waals surface area contributed by atoms with Gasteiger partial charge in [-0.05, 0) is 19.4 Å². The molecule has 0 aliphatic carbocycles. The van der Waals surface area contributed by atoms with E-state index in [2.05, 4.69) is 10.3 Å². The van der Waals surface area contributed by atoms with Crippen LogP contribution < -0.4 is 10.1 Å². The minimum absolute atomic E-state index is 0.167. The third-order valence-corrected chi connectivity index (χ3v) is 5.43. The first kappa shape index (κ1) is 21.3. The molecule has 0 aromatic carbocycles. The number of aryl methyl sites for hydroxylation is 1. The number of nitrogens with zero attached hydrogens (tertiary/aromatic N) is 3. The highest BCUT2D eigenvalue weighted by Crippen LogP contribution is 2.35. The van der Waals surface area contributed by atoms with E-state index in [1.165, 1.54) is 6.92 Å². The lowest BCUT2D eigenvalue weighted by Crippen LogP contribution is -2.09. The minimum Gasteiger partial charge on any atom is -0.493 e. The number of hydrogen-bond acceptors (Lipinski definition) is 6. The number of nitrogens with one attached hydrogen (secondary N) is 1. The molecule has 0 spiro atoms. The van der Waals surface area contributed by atoms with Crippen LogP contribution in [-0.4, -0.2) is 51.5 Å². The van der Waals surface area contributed by atoms with Crippen molar-refractivity contribution in [2.75, 3.05) is 25.1 Å². The van der Waals surface area contributed by atoms with Crippen LogP contribution >= 0.6 is 0 Å². The molecule has 8 nitrogen and oxygen atoms in total. The van der Waals surface area contributed by atoms with Crippen LogP contribution in [0.15, 0.2) is 30.6 Å². The van der Waals surface area contributed by atoms with E-state index in [9.17, 15) is 9.90 Å². The summed E-state index contributed by atoms with van der Waals surface area (Å²) in [7, 11) is 1.96. The van der Waals surface area contributed by atoms with Crippen LogP contribution in [0, 0.1) is 0 Å². The number of aromatic nitrogens is 3. The number of aliphatic hydroxyl groups excluding tert-OH is 1. The number of amides is 1. The molecule has 4 rings (SSSR count). The van der Waals surface area contributed by atoms with Gasteiger partial charge >= 0.3 is 0 Å². The first-order valence-corrected chi connectivity index (χ1v) is 10.5. The molecule has 4 heterocycles. The molecule has 2 N–H and O–H groups in total. The summed E-state index contributed by atoms with van der Waals surface area (Å²) in [6.45, 7) is 5.02. The molecule has 1 fully saturated rings. The zero-order valence-electron chi connectivity index (χ0n) is 18.1. The summed E-state index contributed by atoms with van der Waals surface area (Å²) in [5, 5.41) is 13.2. The molecule has 8 heteroatoms. The van der Waals surface area contributed by atoms with Gasteiger partial charge in [-0.2, -0.15) is 0 Å². The number of ether oxygens (including phenoxy) is 2. The molecule has 3 aromatic rings. The molecule has 1 amide bonds. The van der Waals surface area contributed by atoms with E-state index in [0.29, 0.717) is 25.5 Å². The molecule has 0 saturated carbocycles. The maximum atomic E-state index is 11.5. The zero-order valence-corrected chi connectivity index (χ0v) is 18.1. The Labute approximate surface area is 181 Å². The van der Waals surface area contributed by atoms with Gasteiger partial charge in [0, 0.05) is 62.2 Å². The average Bonchev–Trinajstić information content (AvgIpc) is 3.36. The lowest BCUT2D eigenvalue weighted by atomic mass is 10.0. The summed E-state index contributed by atoms with van der Waals surface area (Å²) >= 11 is 0. The van der Waals surface area contributed by atoms with E-state index in [-0.39, 0.29) is 11.8 Å². The van der Waals surface area contributed by atoms with Crippen LogP contribution in [0.25, 0.3) is 22.2 Å². The van der Waals surface area contributed by atoms with Gasteiger partial charge in [0.1, 0.15) is 11.6 Å². The Morgan fingerprint density at radius 2 is 2.26 bits per heavy atom. The summed E-state index contributed by atoms with van der Waals surface area (Å²) in [4.78, 5) is 20.8. The number of carbonyl (C=O) groups excluding carboxylic acids is 1. The Hall–Kier alpha value is -2.97. The van der Waals surface area contributed by atoms with Crippen LogP contribution in [0.3, 0.4) is 0 Å². The van der Waals surface area contributed by atoms with Gasteiger partial charge in [0.2, 0.25) is 5.91 Å². The Morgan fingerprint density at radius 3 is 2.97 bits per heavy atom. The monoisotopic (exact) mass is 424 g/mol. The minimum atomic E-state index is -0.415. The summed E-state index contributed by atoms with van der Waals surface area (Å²) in [6.07, 6.45) is 4.83. The van der Waals surface area contributed by atoms with Crippen molar-refractivity contribution in [3.63, 3.8) is 0 Å². The lowest BCUT2D eigenvalue weighted by Gasteiger charge is -2.14. The predicted octanol–water partition coefficient (Wildman–Crippen LogP) is 3.25. The first-order valence-electron chi connectivity index (χ1n) is 10.5. The van der Waals surface area contributed by atoms with E-state index in [0.717, 1.165) is 46.6 Å². The molecule has 2 atom stereocenters. The van der Waals surface area contributed by atoms with Gasteiger partial charge in [0.15, 0.2) is 0 Å². The topological polar surface area (TPSA) is 98.5 Å². The molecule has 1 saturated heterocycles. The van der Waals surface area contributed by atoms with Crippen LogP contribution in [0.2, 0.25) is 0 Å². The maximum Gasteiger partial charge on any atom is 0.222 e. The Balaban J connectivity index is 1.77. The highest BCUT2D eigenvalue weighted by Gasteiger charge is 2.22. The smallest absolute Gasteiger partial charge is 0.222 e. The molecule has 0 radical (unpaired) electrons. The van der Waals surface area contributed by atoms with Gasteiger partial charge in [-0.25, -0.2) is 4.98 Å². The van der Waals surface area contributed by atoms with Crippen molar-refractivity contribution in [3.8, 4) is 17.0 Å².